The van der Waals surface area contributed by atoms with Crippen LogP contribution in [0.4, 0.5) is 11.4 Å². The molecule has 1 amide bonds. The Morgan fingerprint density at radius 1 is 1.08 bits per heavy atom. The first-order valence-electron chi connectivity index (χ1n) is 8.57. The fourth-order valence-corrected chi connectivity index (χ4v) is 3.72. The van der Waals surface area contributed by atoms with Crippen LogP contribution in [0.1, 0.15) is 17.3 Å². The molecule has 0 radical (unpaired) electrons. The average Bonchev–Trinajstić information content (AvgIpc) is 2.69. The molecule has 0 atom stereocenters. The molecular formula is C19H22N2O4S. The summed E-state index contributed by atoms with van der Waals surface area (Å²) in [4.78, 5) is 15.0. The predicted molar refractivity (Wildman–Crippen MR) is 102 cm³/mol. The number of nitrogens with zero attached hydrogens (tertiary/aromatic N) is 1. The summed E-state index contributed by atoms with van der Waals surface area (Å²) in [7, 11) is -3.27. The largest absolute Gasteiger partial charge is 0.378 e. The zero-order valence-electron chi connectivity index (χ0n) is 14.6. The monoisotopic (exact) mass is 374 g/mol. The van der Waals surface area contributed by atoms with E-state index in [1.165, 1.54) is 24.3 Å². The van der Waals surface area contributed by atoms with Crippen molar-refractivity contribution in [3.8, 4) is 0 Å². The fourth-order valence-electron chi connectivity index (χ4n) is 2.83. The highest BCUT2D eigenvalue weighted by atomic mass is 32.2. The van der Waals surface area contributed by atoms with Gasteiger partial charge in [0.15, 0.2) is 9.84 Å². The Morgan fingerprint density at radius 2 is 1.73 bits per heavy atom. The lowest BCUT2D eigenvalue weighted by molar-refractivity contribution is 0.102. The zero-order chi connectivity index (χ0) is 18.6. The van der Waals surface area contributed by atoms with Gasteiger partial charge in [0.25, 0.3) is 5.91 Å². The molecule has 0 saturated carbocycles. The van der Waals surface area contributed by atoms with Gasteiger partial charge in [0, 0.05) is 18.7 Å². The van der Waals surface area contributed by atoms with Crippen LogP contribution in [-0.4, -0.2) is 46.4 Å². The molecule has 3 rings (SSSR count). The quantitative estimate of drug-likeness (QED) is 0.871. The lowest BCUT2D eigenvalue weighted by Crippen LogP contribution is -2.36. The third kappa shape index (κ3) is 4.05. The molecule has 1 heterocycles. The summed E-state index contributed by atoms with van der Waals surface area (Å²) >= 11 is 0. The highest BCUT2D eigenvalue weighted by Gasteiger charge is 2.17. The van der Waals surface area contributed by atoms with Crippen molar-refractivity contribution in [2.45, 2.75) is 11.8 Å². The number of carbonyl (C=O) groups is 1. The number of benzene rings is 2. The highest BCUT2D eigenvalue weighted by Crippen LogP contribution is 2.27. The number of morpholine rings is 1. The van der Waals surface area contributed by atoms with E-state index in [-0.39, 0.29) is 16.6 Å². The second-order valence-electron chi connectivity index (χ2n) is 6.00. The topological polar surface area (TPSA) is 75.7 Å². The standard InChI is InChI=1S/C19H22N2O4S/c1-2-26(23,24)16-9-7-15(8-10-16)19(22)20-17-5-3-4-6-18(17)21-11-13-25-14-12-21/h3-10H,2,11-14H2,1H3,(H,20,22). The lowest BCUT2D eigenvalue weighted by Gasteiger charge is -2.30. The van der Waals surface area contributed by atoms with Crippen molar-refractivity contribution in [3.05, 3.63) is 54.1 Å². The van der Waals surface area contributed by atoms with Crippen molar-refractivity contribution in [2.75, 3.05) is 42.3 Å². The van der Waals surface area contributed by atoms with E-state index in [0.29, 0.717) is 18.8 Å². The number of carbonyl (C=O) groups excluding carboxylic acids is 1. The van der Waals surface area contributed by atoms with Gasteiger partial charge in [-0.2, -0.15) is 0 Å². The zero-order valence-corrected chi connectivity index (χ0v) is 15.5. The number of amides is 1. The molecular weight excluding hydrogens is 352 g/mol. The summed E-state index contributed by atoms with van der Waals surface area (Å²) < 4.78 is 29.1. The van der Waals surface area contributed by atoms with Crippen LogP contribution in [0.5, 0.6) is 0 Å². The van der Waals surface area contributed by atoms with Gasteiger partial charge in [-0.3, -0.25) is 4.79 Å². The number of hydrogen-bond donors (Lipinski definition) is 1. The molecule has 1 saturated heterocycles. The summed E-state index contributed by atoms with van der Waals surface area (Å²) in [5, 5.41) is 2.93. The predicted octanol–water partition coefficient (Wildman–Crippen LogP) is 2.57. The minimum absolute atomic E-state index is 0.0332. The van der Waals surface area contributed by atoms with Gasteiger partial charge >= 0.3 is 0 Å². The Hall–Kier alpha value is -2.38. The normalized spacial score (nSPS) is 14.9. The van der Waals surface area contributed by atoms with Gasteiger partial charge < -0.3 is 15.0 Å². The third-order valence-corrected chi connectivity index (χ3v) is 6.11. The van der Waals surface area contributed by atoms with Crippen molar-refractivity contribution in [2.24, 2.45) is 0 Å². The average molecular weight is 374 g/mol. The smallest absolute Gasteiger partial charge is 0.255 e. The molecule has 26 heavy (non-hydrogen) atoms. The van der Waals surface area contributed by atoms with E-state index in [9.17, 15) is 13.2 Å². The Balaban J connectivity index is 1.78. The number of ether oxygens (including phenoxy) is 1. The number of rotatable bonds is 5. The molecule has 0 aliphatic carbocycles. The number of sulfone groups is 1. The maximum Gasteiger partial charge on any atom is 0.255 e. The second kappa shape index (κ2) is 7.88. The summed E-state index contributed by atoms with van der Waals surface area (Å²) in [5.74, 6) is -0.239. The molecule has 0 unspecified atom stereocenters. The Kier molecular flexibility index (Phi) is 5.58. The van der Waals surface area contributed by atoms with Crippen molar-refractivity contribution in [3.63, 3.8) is 0 Å². The van der Waals surface area contributed by atoms with Crippen LogP contribution in [0.2, 0.25) is 0 Å². The van der Waals surface area contributed by atoms with E-state index in [4.69, 9.17) is 4.74 Å². The van der Waals surface area contributed by atoms with E-state index in [0.717, 1.165) is 24.5 Å². The van der Waals surface area contributed by atoms with Crippen LogP contribution in [0.15, 0.2) is 53.4 Å². The van der Waals surface area contributed by atoms with Crippen molar-refractivity contribution < 1.29 is 17.9 Å². The molecule has 1 fully saturated rings. The lowest BCUT2D eigenvalue weighted by atomic mass is 10.2. The van der Waals surface area contributed by atoms with Crippen LogP contribution in [0, 0.1) is 0 Å². The summed E-state index contributed by atoms with van der Waals surface area (Å²) in [6, 6.07) is 13.7. The fraction of sp³-hybridized carbons (Fsp3) is 0.316. The number of nitrogens with one attached hydrogen (secondary N) is 1. The van der Waals surface area contributed by atoms with E-state index < -0.39 is 9.84 Å². The van der Waals surface area contributed by atoms with E-state index in [1.54, 1.807) is 6.92 Å². The minimum Gasteiger partial charge on any atom is -0.378 e. The summed E-state index contributed by atoms with van der Waals surface area (Å²) in [5.41, 5.74) is 2.09. The molecule has 6 nitrogen and oxygen atoms in total. The van der Waals surface area contributed by atoms with Gasteiger partial charge in [-0.25, -0.2) is 8.42 Å². The molecule has 1 aliphatic rings. The van der Waals surface area contributed by atoms with Crippen LogP contribution in [0.3, 0.4) is 0 Å². The number of anilines is 2. The third-order valence-electron chi connectivity index (χ3n) is 4.36. The minimum atomic E-state index is -3.27. The van der Waals surface area contributed by atoms with Crippen molar-refractivity contribution in [1.82, 2.24) is 0 Å². The Morgan fingerprint density at radius 3 is 2.38 bits per heavy atom. The molecule has 2 aromatic rings. The first-order chi connectivity index (χ1) is 12.5. The maximum absolute atomic E-state index is 12.6. The van der Waals surface area contributed by atoms with E-state index >= 15 is 0 Å². The van der Waals surface area contributed by atoms with Gasteiger partial charge in [-0.15, -0.1) is 0 Å². The SMILES string of the molecule is CCS(=O)(=O)c1ccc(C(=O)Nc2ccccc2N2CCOCC2)cc1. The van der Waals surface area contributed by atoms with E-state index in [1.807, 2.05) is 24.3 Å². The van der Waals surface area contributed by atoms with Crippen molar-refractivity contribution >= 4 is 27.1 Å². The Bertz CT molecular complexity index is 873. The van der Waals surface area contributed by atoms with Crippen LogP contribution in [-0.2, 0) is 14.6 Å². The first-order valence-corrected chi connectivity index (χ1v) is 10.2. The van der Waals surface area contributed by atoms with Crippen LogP contribution < -0.4 is 10.2 Å². The molecule has 138 valence electrons. The Labute approximate surface area is 153 Å². The summed E-state index contributed by atoms with van der Waals surface area (Å²) in [6.45, 7) is 4.47. The number of hydrogen-bond acceptors (Lipinski definition) is 5. The van der Waals surface area contributed by atoms with E-state index in [2.05, 4.69) is 10.2 Å². The maximum atomic E-state index is 12.6. The molecule has 1 N–H and O–H groups in total. The first kappa shape index (κ1) is 18.4. The second-order valence-corrected chi connectivity index (χ2v) is 8.28. The molecule has 0 spiro atoms. The highest BCUT2D eigenvalue weighted by molar-refractivity contribution is 7.91. The van der Waals surface area contributed by atoms with Gasteiger partial charge in [0.2, 0.25) is 0 Å². The van der Waals surface area contributed by atoms with Gasteiger partial charge in [-0.1, -0.05) is 19.1 Å². The van der Waals surface area contributed by atoms with Gasteiger partial charge in [-0.05, 0) is 36.4 Å². The molecule has 0 aromatic heterocycles. The van der Waals surface area contributed by atoms with Gasteiger partial charge in [0.1, 0.15) is 0 Å². The van der Waals surface area contributed by atoms with Crippen LogP contribution >= 0.6 is 0 Å². The van der Waals surface area contributed by atoms with Crippen molar-refractivity contribution in [1.29, 1.82) is 0 Å². The molecule has 1 aliphatic heterocycles. The molecule has 0 bridgehead atoms. The molecule has 7 heteroatoms. The molecule has 2 aromatic carbocycles. The number of para-hydroxylation sites is 2. The van der Waals surface area contributed by atoms with Crippen LogP contribution in [0.25, 0.3) is 0 Å². The van der Waals surface area contributed by atoms with Gasteiger partial charge in [0.05, 0.1) is 35.2 Å². The summed E-state index contributed by atoms with van der Waals surface area (Å²) in [6.07, 6.45) is 0.